The number of aromatic amines is 1. The highest BCUT2D eigenvalue weighted by atomic mass is 35.5. The Kier molecular flexibility index (Phi) is 6.82. The van der Waals surface area contributed by atoms with E-state index in [0.29, 0.717) is 0 Å². The van der Waals surface area contributed by atoms with Crippen molar-refractivity contribution in [2.45, 2.75) is 12.5 Å². The van der Waals surface area contributed by atoms with Crippen molar-refractivity contribution in [3.63, 3.8) is 0 Å². The molecule has 1 saturated heterocycles. The summed E-state index contributed by atoms with van der Waals surface area (Å²) in [5.41, 5.74) is 3.77. The van der Waals surface area contributed by atoms with Gasteiger partial charge in [0, 0.05) is 30.1 Å². The Morgan fingerprint density at radius 2 is 2.00 bits per heavy atom. The van der Waals surface area contributed by atoms with Crippen LogP contribution >= 0.6 is 24.8 Å². The fraction of sp³-hybridized carbons (Fsp3) is 0.222. The Hall–Kier alpha value is -2.08. The molecule has 3 aromatic rings. The van der Waals surface area contributed by atoms with Crippen LogP contribution in [0.2, 0.25) is 0 Å². The van der Waals surface area contributed by atoms with Gasteiger partial charge in [-0.15, -0.1) is 24.8 Å². The Balaban J connectivity index is 0.00000113. The maximum atomic E-state index is 5.76. The molecule has 0 bridgehead atoms. The molecule has 5 nitrogen and oxygen atoms in total. The first-order chi connectivity index (χ1) is 11.4. The van der Waals surface area contributed by atoms with Crippen molar-refractivity contribution in [1.82, 2.24) is 15.3 Å². The lowest BCUT2D eigenvalue weighted by Crippen LogP contribution is -2.16. The van der Waals surface area contributed by atoms with Crippen LogP contribution in [0.15, 0.2) is 60.0 Å². The summed E-state index contributed by atoms with van der Waals surface area (Å²) in [6, 6.07) is 14.2. The average molecular weight is 379 g/mol. The van der Waals surface area contributed by atoms with Crippen molar-refractivity contribution >= 4 is 41.4 Å². The number of hydrogen-bond acceptors (Lipinski definition) is 4. The summed E-state index contributed by atoms with van der Waals surface area (Å²) < 4.78 is 0. The predicted molar refractivity (Wildman–Crippen MR) is 105 cm³/mol. The van der Waals surface area contributed by atoms with Gasteiger partial charge >= 0.3 is 0 Å². The van der Waals surface area contributed by atoms with Gasteiger partial charge in [0.25, 0.3) is 0 Å². The molecule has 1 aromatic carbocycles. The van der Waals surface area contributed by atoms with E-state index < -0.39 is 0 Å². The minimum absolute atomic E-state index is 0. The summed E-state index contributed by atoms with van der Waals surface area (Å²) >= 11 is 0. The normalized spacial score (nSPS) is 17.0. The van der Waals surface area contributed by atoms with Gasteiger partial charge < -0.3 is 15.1 Å². The van der Waals surface area contributed by atoms with Crippen LogP contribution in [0.4, 0.5) is 0 Å². The second kappa shape index (κ2) is 8.85. The number of pyridine rings is 1. The van der Waals surface area contributed by atoms with Gasteiger partial charge in [-0.1, -0.05) is 35.5 Å². The van der Waals surface area contributed by atoms with E-state index in [0.717, 1.165) is 47.4 Å². The van der Waals surface area contributed by atoms with Crippen LogP contribution < -0.4 is 5.32 Å². The molecule has 7 heteroatoms. The number of hydrogen-bond donors (Lipinski definition) is 2. The molecule has 2 N–H and O–H groups in total. The Bertz CT molecular complexity index is 796. The van der Waals surface area contributed by atoms with E-state index in [2.05, 4.69) is 26.5 Å². The number of nitrogens with zero attached hydrogens (tertiary/aromatic N) is 2. The fourth-order valence-electron chi connectivity index (χ4n) is 2.80. The van der Waals surface area contributed by atoms with Gasteiger partial charge in [0.15, 0.2) is 0 Å². The minimum Gasteiger partial charge on any atom is -0.391 e. The van der Waals surface area contributed by atoms with Crippen molar-refractivity contribution in [3.05, 3.63) is 66.1 Å². The second-order valence-corrected chi connectivity index (χ2v) is 5.67. The minimum atomic E-state index is 0. The van der Waals surface area contributed by atoms with E-state index in [4.69, 9.17) is 4.84 Å². The number of halogens is 2. The largest absolute Gasteiger partial charge is 0.391 e. The number of oxime groups is 1. The highest BCUT2D eigenvalue weighted by Gasteiger charge is 2.17. The smallest absolute Gasteiger partial charge is 0.141 e. The van der Waals surface area contributed by atoms with E-state index in [9.17, 15) is 0 Å². The summed E-state index contributed by atoms with van der Waals surface area (Å²) in [6.45, 7) is 1.83. The van der Waals surface area contributed by atoms with Crippen LogP contribution in [0.1, 0.15) is 17.7 Å². The summed E-state index contributed by atoms with van der Waals surface area (Å²) in [4.78, 5) is 13.3. The molecule has 132 valence electrons. The van der Waals surface area contributed by atoms with E-state index in [1.54, 1.807) is 6.20 Å². The maximum Gasteiger partial charge on any atom is 0.141 e. The molecular formula is C18H20Cl2N4O. The van der Waals surface area contributed by atoms with Gasteiger partial charge in [0.1, 0.15) is 11.8 Å². The number of H-pyrrole nitrogens is 1. The Labute approximate surface area is 158 Å². The number of nitrogens with one attached hydrogen (secondary N) is 2. The lowest BCUT2D eigenvalue weighted by molar-refractivity contribution is 0.0738. The van der Waals surface area contributed by atoms with E-state index in [1.165, 1.54) is 0 Å². The maximum absolute atomic E-state index is 5.76. The Morgan fingerprint density at radius 3 is 2.72 bits per heavy atom. The summed E-state index contributed by atoms with van der Waals surface area (Å²) in [6.07, 6.45) is 4.74. The quantitative estimate of drug-likeness (QED) is 0.539. The monoisotopic (exact) mass is 378 g/mol. The zero-order chi connectivity index (χ0) is 15.5. The summed E-state index contributed by atoms with van der Waals surface area (Å²) in [5.74, 6) is 0. The molecule has 1 atom stereocenters. The van der Waals surface area contributed by atoms with E-state index in [-0.39, 0.29) is 30.9 Å². The van der Waals surface area contributed by atoms with Gasteiger partial charge in [0.05, 0.1) is 17.4 Å². The standard InChI is InChI=1S/C18H18N4O.2ClH/c1-2-4-13(5-3-1)18(22-23-15-7-9-19-11-15)16-10-14-6-8-20-12-17(14)21-16;;/h1-6,8,10,12,15,19,21H,7,9,11H2;2*1H. The van der Waals surface area contributed by atoms with Gasteiger partial charge in [-0.3, -0.25) is 4.98 Å². The molecule has 0 aliphatic carbocycles. The predicted octanol–water partition coefficient (Wildman–Crippen LogP) is 3.54. The first-order valence-corrected chi connectivity index (χ1v) is 7.83. The van der Waals surface area contributed by atoms with Crippen LogP contribution in [-0.2, 0) is 4.84 Å². The van der Waals surface area contributed by atoms with Crippen molar-refractivity contribution < 1.29 is 4.84 Å². The topological polar surface area (TPSA) is 62.3 Å². The van der Waals surface area contributed by atoms with Crippen molar-refractivity contribution in [2.24, 2.45) is 5.16 Å². The highest BCUT2D eigenvalue weighted by Crippen LogP contribution is 2.18. The molecule has 0 amide bonds. The summed E-state index contributed by atoms with van der Waals surface area (Å²) in [5, 5.41) is 8.87. The van der Waals surface area contributed by atoms with Crippen molar-refractivity contribution in [2.75, 3.05) is 13.1 Å². The van der Waals surface area contributed by atoms with Gasteiger partial charge in [-0.25, -0.2) is 0 Å². The van der Waals surface area contributed by atoms with Crippen LogP contribution in [0.25, 0.3) is 10.9 Å². The molecule has 25 heavy (non-hydrogen) atoms. The number of aromatic nitrogens is 2. The highest BCUT2D eigenvalue weighted by molar-refractivity contribution is 6.13. The molecule has 1 aliphatic rings. The van der Waals surface area contributed by atoms with E-state index in [1.807, 2.05) is 42.6 Å². The Morgan fingerprint density at radius 1 is 1.16 bits per heavy atom. The molecule has 0 spiro atoms. The third-order valence-corrected chi connectivity index (χ3v) is 4.03. The molecule has 4 rings (SSSR count). The van der Waals surface area contributed by atoms with Crippen LogP contribution in [0.3, 0.4) is 0 Å². The molecule has 0 radical (unpaired) electrons. The average Bonchev–Trinajstić information content (AvgIpc) is 3.25. The van der Waals surface area contributed by atoms with E-state index >= 15 is 0 Å². The van der Waals surface area contributed by atoms with Gasteiger partial charge in [-0.2, -0.15) is 0 Å². The SMILES string of the molecule is Cl.Cl.c1ccc(C(=NOC2CCNC2)c2cc3ccncc3[nH]2)cc1. The van der Waals surface area contributed by atoms with Crippen LogP contribution in [0.5, 0.6) is 0 Å². The van der Waals surface area contributed by atoms with Crippen molar-refractivity contribution in [3.8, 4) is 0 Å². The molecule has 3 heterocycles. The number of benzene rings is 1. The fourth-order valence-corrected chi connectivity index (χ4v) is 2.80. The second-order valence-electron chi connectivity index (χ2n) is 5.67. The molecule has 2 aromatic heterocycles. The lowest BCUT2D eigenvalue weighted by Gasteiger charge is -2.09. The van der Waals surface area contributed by atoms with Crippen molar-refractivity contribution in [1.29, 1.82) is 0 Å². The number of fused-ring (bicyclic) bond motifs is 1. The number of rotatable bonds is 4. The molecule has 1 fully saturated rings. The zero-order valence-electron chi connectivity index (χ0n) is 13.5. The van der Waals surface area contributed by atoms with Gasteiger partial charge in [0.2, 0.25) is 0 Å². The molecule has 1 unspecified atom stereocenters. The third kappa shape index (κ3) is 4.31. The van der Waals surface area contributed by atoms with Crippen LogP contribution in [-0.4, -0.2) is 34.9 Å². The first kappa shape index (κ1) is 19.2. The van der Waals surface area contributed by atoms with Crippen LogP contribution in [0, 0.1) is 0 Å². The van der Waals surface area contributed by atoms with Gasteiger partial charge in [-0.05, 0) is 18.7 Å². The first-order valence-electron chi connectivity index (χ1n) is 7.83. The summed E-state index contributed by atoms with van der Waals surface area (Å²) in [7, 11) is 0. The zero-order valence-corrected chi connectivity index (χ0v) is 15.1. The molecule has 0 saturated carbocycles. The molecule has 1 aliphatic heterocycles. The lowest BCUT2D eigenvalue weighted by atomic mass is 10.1. The molecular weight excluding hydrogens is 359 g/mol. The third-order valence-electron chi connectivity index (χ3n) is 4.03.